The summed E-state index contributed by atoms with van der Waals surface area (Å²) in [7, 11) is 3.92. The molecule has 0 spiro atoms. The number of rotatable bonds is 4. The fraction of sp³-hybridized carbons (Fsp3) is 0.455. The minimum atomic E-state index is 0.308. The molecule has 0 bridgehead atoms. The summed E-state index contributed by atoms with van der Waals surface area (Å²) in [5, 5.41) is 7.72. The third-order valence-corrected chi connectivity index (χ3v) is 3.67. The molecule has 2 heterocycles. The summed E-state index contributed by atoms with van der Waals surface area (Å²) in [5.41, 5.74) is 4.11. The van der Waals surface area contributed by atoms with E-state index in [1.807, 2.05) is 30.5 Å². The number of hydrogen-bond donors (Lipinski definition) is 1. The number of nitrogens with one attached hydrogen (secondary N) is 1. The molecule has 0 amide bonds. The number of likely N-dealkylation sites (N-methyl/N-ethyl adjacent to an activating group) is 1. The highest BCUT2D eigenvalue weighted by Crippen LogP contribution is 2.24. The molecule has 16 heavy (non-hydrogen) atoms. The topological polar surface area (TPSA) is 42.7 Å². The normalized spacial score (nSPS) is 12.9. The zero-order chi connectivity index (χ0) is 11.5. The number of thiazole rings is 1. The van der Waals surface area contributed by atoms with Gasteiger partial charge < -0.3 is 5.32 Å². The van der Waals surface area contributed by atoms with Gasteiger partial charge in [0.15, 0.2) is 0 Å². The van der Waals surface area contributed by atoms with Gasteiger partial charge in [0.2, 0.25) is 0 Å². The Balaban J connectivity index is 2.15. The van der Waals surface area contributed by atoms with Crippen LogP contribution in [0.15, 0.2) is 17.8 Å². The molecule has 0 aromatic carbocycles. The van der Waals surface area contributed by atoms with Crippen LogP contribution in [0.25, 0.3) is 0 Å². The highest BCUT2D eigenvalue weighted by atomic mass is 32.1. The van der Waals surface area contributed by atoms with Crippen LogP contribution >= 0.6 is 11.3 Å². The van der Waals surface area contributed by atoms with Crippen molar-refractivity contribution in [2.24, 2.45) is 7.05 Å². The Morgan fingerprint density at radius 3 is 2.88 bits per heavy atom. The maximum absolute atomic E-state index is 4.40. The van der Waals surface area contributed by atoms with Gasteiger partial charge >= 0.3 is 0 Å². The van der Waals surface area contributed by atoms with Gasteiger partial charge in [-0.05, 0) is 20.0 Å². The minimum absolute atomic E-state index is 0.308. The molecule has 0 saturated carbocycles. The fourth-order valence-electron chi connectivity index (χ4n) is 1.75. The van der Waals surface area contributed by atoms with E-state index in [2.05, 4.69) is 28.4 Å². The van der Waals surface area contributed by atoms with E-state index in [-0.39, 0.29) is 0 Å². The molecule has 1 atom stereocenters. The second-order valence-electron chi connectivity index (χ2n) is 3.83. The van der Waals surface area contributed by atoms with Crippen molar-refractivity contribution in [3.63, 3.8) is 0 Å². The Hall–Kier alpha value is -1.20. The predicted molar refractivity (Wildman–Crippen MR) is 65.6 cm³/mol. The molecule has 0 saturated heterocycles. The molecule has 0 radical (unpaired) electrons. The van der Waals surface area contributed by atoms with Crippen molar-refractivity contribution in [3.8, 4) is 0 Å². The average Bonchev–Trinajstić information content (AvgIpc) is 2.84. The molecule has 0 fully saturated rings. The fourth-order valence-corrected chi connectivity index (χ4v) is 2.67. The van der Waals surface area contributed by atoms with Crippen molar-refractivity contribution in [1.82, 2.24) is 20.1 Å². The van der Waals surface area contributed by atoms with Gasteiger partial charge in [0.25, 0.3) is 0 Å². The number of hydrogen-bond acceptors (Lipinski definition) is 4. The lowest BCUT2D eigenvalue weighted by atomic mass is 10.1. The maximum atomic E-state index is 4.40. The zero-order valence-electron chi connectivity index (χ0n) is 9.77. The van der Waals surface area contributed by atoms with Crippen LogP contribution in [0.1, 0.15) is 22.3 Å². The van der Waals surface area contributed by atoms with Crippen molar-refractivity contribution >= 4 is 11.3 Å². The summed E-state index contributed by atoms with van der Waals surface area (Å²) >= 11 is 1.70. The Kier molecular flexibility index (Phi) is 3.36. The predicted octanol–water partition coefficient (Wildman–Crippen LogP) is 1.69. The van der Waals surface area contributed by atoms with Gasteiger partial charge in [-0.25, -0.2) is 4.98 Å². The number of nitrogens with zero attached hydrogens (tertiary/aromatic N) is 3. The van der Waals surface area contributed by atoms with Crippen molar-refractivity contribution in [2.45, 2.75) is 19.4 Å². The van der Waals surface area contributed by atoms with Crippen molar-refractivity contribution in [1.29, 1.82) is 0 Å². The van der Waals surface area contributed by atoms with E-state index in [0.29, 0.717) is 6.04 Å². The van der Waals surface area contributed by atoms with Crippen molar-refractivity contribution < 1.29 is 0 Å². The van der Waals surface area contributed by atoms with Crippen LogP contribution in [0, 0.1) is 6.92 Å². The third kappa shape index (κ3) is 2.31. The van der Waals surface area contributed by atoms with E-state index < -0.39 is 0 Å². The first kappa shape index (κ1) is 11.3. The summed E-state index contributed by atoms with van der Waals surface area (Å²) < 4.78 is 1.83. The van der Waals surface area contributed by atoms with E-state index in [9.17, 15) is 0 Å². The lowest BCUT2D eigenvalue weighted by molar-refractivity contribution is 0.582. The van der Waals surface area contributed by atoms with E-state index in [1.54, 1.807) is 11.3 Å². The Morgan fingerprint density at radius 1 is 1.56 bits per heavy atom. The molecule has 4 nitrogen and oxygen atoms in total. The molecule has 0 aliphatic carbocycles. The minimum Gasteiger partial charge on any atom is -0.312 e. The van der Waals surface area contributed by atoms with Gasteiger partial charge in [-0.2, -0.15) is 5.10 Å². The van der Waals surface area contributed by atoms with E-state index in [0.717, 1.165) is 17.8 Å². The molecular weight excluding hydrogens is 220 g/mol. The number of aryl methyl sites for hydroxylation is 2. The second-order valence-corrected chi connectivity index (χ2v) is 4.71. The standard InChI is InChI=1S/C11H16N4S/c1-8-11(16-7-13-8)10(12-2)6-9-4-5-15(3)14-9/h4-5,7,10,12H,6H2,1-3H3. The summed E-state index contributed by atoms with van der Waals surface area (Å²) in [6.45, 7) is 2.05. The van der Waals surface area contributed by atoms with E-state index >= 15 is 0 Å². The van der Waals surface area contributed by atoms with Gasteiger partial charge in [-0.15, -0.1) is 11.3 Å². The van der Waals surface area contributed by atoms with Crippen LogP contribution in [-0.2, 0) is 13.5 Å². The van der Waals surface area contributed by atoms with Gasteiger partial charge in [0.05, 0.1) is 16.9 Å². The smallest absolute Gasteiger partial charge is 0.0798 e. The van der Waals surface area contributed by atoms with Crippen molar-refractivity contribution in [3.05, 3.63) is 34.0 Å². The summed E-state index contributed by atoms with van der Waals surface area (Å²) in [6, 6.07) is 2.36. The van der Waals surface area contributed by atoms with Gasteiger partial charge in [-0.1, -0.05) is 0 Å². The lowest BCUT2D eigenvalue weighted by Crippen LogP contribution is -2.19. The molecule has 0 aliphatic rings. The van der Waals surface area contributed by atoms with Crippen LogP contribution in [0.4, 0.5) is 0 Å². The first-order valence-electron chi connectivity index (χ1n) is 5.26. The molecule has 1 N–H and O–H groups in total. The highest BCUT2D eigenvalue weighted by Gasteiger charge is 2.15. The summed E-state index contributed by atoms with van der Waals surface area (Å²) in [4.78, 5) is 5.58. The van der Waals surface area contributed by atoms with Crippen LogP contribution in [-0.4, -0.2) is 21.8 Å². The summed E-state index contributed by atoms with van der Waals surface area (Å²) in [6.07, 6.45) is 2.88. The quantitative estimate of drug-likeness (QED) is 0.878. The number of aromatic nitrogens is 3. The molecule has 2 aromatic heterocycles. The Morgan fingerprint density at radius 2 is 2.38 bits per heavy atom. The zero-order valence-corrected chi connectivity index (χ0v) is 10.6. The van der Waals surface area contributed by atoms with Gasteiger partial charge in [0, 0.05) is 30.6 Å². The van der Waals surface area contributed by atoms with E-state index in [1.165, 1.54) is 4.88 Å². The van der Waals surface area contributed by atoms with E-state index in [4.69, 9.17) is 0 Å². The summed E-state index contributed by atoms with van der Waals surface area (Å²) in [5.74, 6) is 0. The highest BCUT2D eigenvalue weighted by molar-refractivity contribution is 7.09. The molecule has 1 unspecified atom stereocenters. The molecule has 2 aromatic rings. The molecular formula is C11H16N4S. The largest absolute Gasteiger partial charge is 0.312 e. The van der Waals surface area contributed by atoms with Crippen molar-refractivity contribution in [2.75, 3.05) is 7.05 Å². The third-order valence-electron chi connectivity index (χ3n) is 2.63. The lowest BCUT2D eigenvalue weighted by Gasteiger charge is -2.13. The van der Waals surface area contributed by atoms with Gasteiger partial charge in [-0.3, -0.25) is 4.68 Å². The molecule has 2 rings (SSSR count). The maximum Gasteiger partial charge on any atom is 0.0798 e. The Labute approximate surface area is 99.3 Å². The second kappa shape index (κ2) is 4.76. The Bertz CT molecular complexity index is 460. The van der Waals surface area contributed by atoms with Crippen LogP contribution < -0.4 is 5.32 Å². The monoisotopic (exact) mass is 236 g/mol. The van der Waals surface area contributed by atoms with Gasteiger partial charge in [0.1, 0.15) is 0 Å². The first-order valence-corrected chi connectivity index (χ1v) is 6.14. The molecule has 5 heteroatoms. The first-order chi connectivity index (χ1) is 7.70. The SMILES string of the molecule is CNC(Cc1ccn(C)n1)c1scnc1C. The molecule has 0 aliphatic heterocycles. The van der Waals surface area contributed by atoms with Crippen LogP contribution in [0.3, 0.4) is 0 Å². The van der Waals surface area contributed by atoms with Crippen LogP contribution in [0.2, 0.25) is 0 Å². The van der Waals surface area contributed by atoms with Crippen LogP contribution in [0.5, 0.6) is 0 Å². The average molecular weight is 236 g/mol. The molecule has 86 valence electrons.